The zero-order valence-corrected chi connectivity index (χ0v) is 10.3. The molecule has 1 aliphatic rings. The van der Waals surface area contributed by atoms with Crippen LogP contribution in [0.25, 0.3) is 0 Å². The fourth-order valence-corrected chi connectivity index (χ4v) is 2.30. The molecule has 3 heteroatoms. The lowest BCUT2D eigenvalue weighted by Crippen LogP contribution is -2.31. The van der Waals surface area contributed by atoms with Gasteiger partial charge in [-0.05, 0) is 43.9 Å². The molecule has 0 aromatic heterocycles. The van der Waals surface area contributed by atoms with Gasteiger partial charge in [0.25, 0.3) is 0 Å². The fraction of sp³-hybridized carbons (Fsp3) is 0.571. The minimum Gasteiger partial charge on any atom is -0.381 e. The molecular weight excluding hydrogens is 217 g/mol. The van der Waals surface area contributed by atoms with Crippen LogP contribution in [0, 0.1) is 5.82 Å². The molecule has 2 rings (SSSR count). The zero-order chi connectivity index (χ0) is 12.1. The second-order valence-corrected chi connectivity index (χ2v) is 4.68. The Balaban J connectivity index is 1.93. The van der Waals surface area contributed by atoms with Gasteiger partial charge in [0, 0.05) is 25.3 Å². The van der Waals surface area contributed by atoms with E-state index in [0.717, 1.165) is 38.0 Å². The minimum atomic E-state index is -0.166. The summed E-state index contributed by atoms with van der Waals surface area (Å²) in [6, 6.07) is 7.48. The van der Waals surface area contributed by atoms with Crippen molar-refractivity contribution in [1.82, 2.24) is 5.32 Å². The summed E-state index contributed by atoms with van der Waals surface area (Å²) in [5.74, 6) is -0.166. The van der Waals surface area contributed by atoms with E-state index in [9.17, 15) is 4.39 Å². The first kappa shape index (κ1) is 12.5. The van der Waals surface area contributed by atoms with Crippen LogP contribution in [0.1, 0.15) is 37.8 Å². The van der Waals surface area contributed by atoms with Crippen molar-refractivity contribution in [1.29, 1.82) is 0 Å². The number of rotatable bonds is 3. The summed E-state index contributed by atoms with van der Waals surface area (Å²) < 4.78 is 18.6. The van der Waals surface area contributed by atoms with Crippen LogP contribution in [0.3, 0.4) is 0 Å². The molecular formula is C14H20FNO. The Kier molecular flexibility index (Phi) is 4.51. The third kappa shape index (κ3) is 3.79. The molecule has 94 valence electrons. The zero-order valence-electron chi connectivity index (χ0n) is 10.3. The van der Waals surface area contributed by atoms with Crippen LogP contribution >= 0.6 is 0 Å². The van der Waals surface area contributed by atoms with E-state index in [0.29, 0.717) is 6.04 Å². The van der Waals surface area contributed by atoms with Crippen molar-refractivity contribution in [3.63, 3.8) is 0 Å². The molecule has 0 saturated carbocycles. The maximum atomic E-state index is 13.1. The van der Waals surface area contributed by atoms with Crippen molar-refractivity contribution < 1.29 is 9.13 Å². The molecule has 2 nitrogen and oxygen atoms in total. The standard InChI is InChI=1S/C14H20FNO/c1-11(12-4-2-5-13(15)10-12)16-14-6-3-8-17-9-7-14/h2,4-5,10-11,14,16H,3,6-9H2,1H3. The second kappa shape index (κ2) is 6.12. The van der Waals surface area contributed by atoms with Gasteiger partial charge in [-0.15, -0.1) is 0 Å². The summed E-state index contributed by atoms with van der Waals surface area (Å²) in [5, 5.41) is 3.56. The lowest BCUT2D eigenvalue weighted by atomic mass is 10.0. The van der Waals surface area contributed by atoms with Crippen molar-refractivity contribution in [2.75, 3.05) is 13.2 Å². The lowest BCUT2D eigenvalue weighted by Gasteiger charge is -2.22. The molecule has 0 amide bonds. The molecule has 0 spiro atoms. The van der Waals surface area contributed by atoms with Crippen molar-refractivity contribution >= 4 is 0 Å². The number of benzene rings is 1. The Hall–Kier alpha value is -0.930. The summed E-state index contributed by atoms with van der Waals surface area (Å²) in [5.41, 5.74) is 1.01. The van der Waals surface area contributed by atoms with Crippen LogP contribution in [0.4, 0.5) is 4.39 Å². The number of ether oxygens (including phenoxy) is 1. The Bertz CT molecular complexity index is 348. The smallest absolute Gasteiger partial charge is 0.123 e. The third-order valence-corrected chi connectivity index (χ3v) is 3.29. The van der Waals surface area contributed by atoms with E-state index in [4.69, 9.17) is 4.74 Å². The fourth-order valence-electron chi connectivity index (χ4n) is 2.30. The Labute approximate surface area is 102 Å². The maximum Gasteiger partial charge on any atom is 0.123 e. The van der Waals surface area contributed by atoms with Gasteiger partial charge in [-0.3, -0.25) is 0 Å². The van der Waals surface area contributed by atoms with Gasteiger partial charge in [0.15, 0.2) is 0 Å². The van der Waals surface area contributed by atoms with Crippen LogP contribution in [0.5, 0.6) is 0 Å². The predicted octanol–water partition coefficient (Wildman–Crippen LogP) is 3.05. The first-order chi connectivity index (χ1) is 8.25. The number of hydrogen-bond acceptors (Lipinski definition) is 2. The molecule has 1 fully saturated rings. The topological polar surface area (TPSA) is 21.3 Å². The summed E-state index contributed by atoms with van der Waals surface area (Å²) >= 11 is 0. The van der Waals surface area contributed by atoms with Crippen LogP contribution in [-0.2, 0) is 4.74 Å². The van der Waals surface area contributed by atoms with Gasteiger partial charge in [0.2, 0.25) is 0 Å². The molecule has 2 unspecified atom stereocenters. The van der Waals surface area contributed by atoms with Crippen molar-refractivity contribution in [3.05, 3.63) is 35.6 Å². The van der Waals surface area contributed by atoms with Crippen LogP contribution in [-0.4, -0.2) is 19.3 Å². The highest BCUT2D eigenvalue weighted by Crippen LogP contribution is 2.17. The predicted molar refractivity (Wildman–Crippen MR) is 66.4 cm³/mol. The first-order valence-corrected chi connectivity index (χ1v) is 6.35. The van der Waals surface area contributed by atoms with Gasteiger partial charge < -0.3 is 10.1 Å². The minimum absolute atomic E-state index is 0.166. The maximum absolute atomic E-state index is 13.1. The summed E-state index contributed by atoms with van der Waals surface area (Å²) in [7, 11) is 0. The van der Waals surface area contributed by atoms with E-state index in [1.54, 1.807) is 12.1 Å². The molecule has 0 bridgehead atoms. The highest BCUT2D eigenvalue weighted by Gasteiger charge is 2.15. The van der Waals surface area contributed by atoms with Crippen molar-refractivity contribution in [3.8, 4) is 0 Å². The molecule has 1 N–H and O–H groups in total. The van der Waals surface area contributed by atoms with Gasteiger partial charge in [-0.2, -0.15) is 0 Å². The molecule has 1 aromatic rings. The monoisotopic (exact) mass is 237 g/mol. The highest BCUT2D eigenvalue weighted by atomic mass is 19.1. The molecule has 1 aromatic carbocycles. The third-order valence-electron chi connectivity index (χ3n) is 3.29. The summed E-state index contributed by atoms with van der Waals surface area (Å²) in [4.78, 5) is 0. The highest BCUT2D eigenvalue weighted by molar-refractivity contribution is 5.19. The van der Waals surface area contributed by atoms with Crippen molar-refractivity contribution in [2.24, 2.45) is 0 Å². The lowest BCUT2D eigenvalue weighted by molar-refractivity contribution is 0.142. The van der Waals surface area contributed by atoms with E-state index in [2.05, 4.69) is 12.2 Å². The van der Waals surface area contributed by atoms with Gasteiger partial charge in [0.05, 0.1) is 0 Å². The Morgan fingerprint density at radius 2 is 2.24 bits per heavy atom. The van der Waals surface area contributed by atoms with E-state index < -0.39 is 0 Å². The SMILES string of the molecule is CC(NC1CCCOCC1)c1cccc(F)c1. The quantitative estimate of drug-likeness (QED) is 0.872. The Morgan fingerprint density at radius 3 is 3.06 bits per heavy atom. The largest absolute Gasteiger partial charge is 0.381 e. The molecule has 1 aliphatic heterocycles. The van der Waals surface area contributed by atoms with Crippen LogP contribution < -0.4 is 5.32 Å². The summed E-state index contributed by atoms with van der Waals surface area (Å²) in [6.45, 7) is 3.78. The van der Waals surface area contributed by atoms with Crippen LogP contribution in [0.2, 0.25) is 0 Å². The average Bonchev–Trinajstić information content (AvgIpc) is 2.57. The average molecular weight is 237 g/mol. The molecule has 0 radical (unpaired) electrons. The molecule has 2 atom stereocenters. The normalized spacial score (nSPS) is 23.1. The van der Waals surface area contributed by atoms with Crippen LogP contribution in [0.15, 0.2) is 24.3 Å². The van der Waals surface area contributed by atoms with E-state index in [1.807, 2.05) is 6.07 Å². The van der Waals surface area contributed by atoms with Gasteiger partial charge in [-0.25, -0.2) is 4.39 Å². The number of halogens is 1. The van der Waals surface area contributed by atoms with Gasteiger partial charge >= 0.3 is 0 Å². The van der Waals surface area contributed by atoms with Gasteiger partial charge in [-0.1, -0.05) is 12.1 Å². The van der Waals surface area contributed by atoms with E-state index in [-0.39, 0.29) is 11.9 Å². The number of nitrogens with one attached hydrogen (secondary N) is 1. The van der Waals surface area contributed by atoms with E-state index >= 15 is 0 Å². The first-order valence-electron chi connectivity index (χ1n) is 6.35. The molecule has 1 saturated heterocycles. The van der Waals surface area contributed by atoms with Crippen molar-refractivity contribution in [2.45, 2.75) is 38.3 Å². The molecule has 0 aliphatic carbocycles. The number of hydrogen-bond donors (Lipinski definition) is 1. The van der Waals surface area contributed by atoms with E-state index in [1.165, 1.54) is 6.07 Å². The second-order valence-electron chi connectivity index (χ2n) is 4.68. The molecule has 17 heavy (non-hydrogen) atoms. The Morgan fingerprint density at radius 1 is 1.35 bits per heavy atom. The molecule has 1 heterocycles. The van der Waals surface area contributed by atoms with Gasteiger partial charge in [0.1, 0.15) is 5.82 Å². The summed E-state index contributed by atoms with van der Waals surface area (Å²) in [6.07, 6.45) is 3.28.